The zero-order valence-corrected chi connectivity index (χ0v) is 14.3. The van der Waals surface area contributed by atoms with Crippen LogP contribution in [0, 0.1) is 5.92 Å². The topological polar surface area (TPSA) is 102 Å². The van der Waals surface area contributed by atoms with Gasteiger partial charge in [0.05, 0.1) is 30.2 Å². The number of amides is 1. The van der Waals surface area contributed by atoms with Crippen molar-refractivity contribution in [2.24, 2.45) is 16.8 Å². The molecule has 0 saturated carbocycles. The SMILES string of the molecule is COc1c(Br)c([C@@H]2ON=C(C(N)=O)[C@H]2C)c(OC)c2c1OCO2. The molecule has 2 atom stereocenters. The van der Waals surface area contributed by atoms with E-state index in [0.29, 0.717) is 33.0 Å². The van der Waals surface area contributed by atoms with Crippen LogP contribution in [0.25, 0.3) is 0 Å². The van der Waals surface area contributed by atoms with Gasteiger partial charge in [0, 0.05) is 0 Å². The average molecular weight is 387 g/mol. The first-order chi connectivity index (χ1) is 11.0. The minimum Gasteiger partial charge on any atom is -0.492 e. The lowest BCUT2D eigenvalue weighted by Crippen LogP contribution is -2.28. The normalized spacial score (nSPS) is 21.7. The van der Waals surface area contributed by atoms with Gasteiger partial charge in [-0.15, -0.1) is 0 Å². The van der Waals surface area contributed by atoms with Crippen LogP contribution in [0.3, 0.4) is 0 Å². The summed E-state index contributed by atoms with van der Waals surface area (Å²) in [4.78, 5) is 16.9. The lowest BCUT2D eigenvalue weighted by atomic mass is 9.92. The average Bonchev–Trinajstić information content (AvgIpc) is 3.13. The van der Waals surface area contributed by atoms with E-state index in [1.54, 1.807) is 6.92 Å². The van der Waals surface area contributed by atoms with Crippen molar-refractivity contribution in [3.05, 3.63) is 10.0 Å². The molecule has 3 rings (SSSR count). The van der Waals surface area contributed by atoms with E-state index in [1.807, 2.05) is 0 Å². The number of oxime groups is 1. The van der Waals surface area contributed by atoms with Crippen LogP contribution in [-0.4, -0.2) is 32.6 Å². The largest absolute Gasteiger partial charge is 0.492 e. The van der Waals surface area contributed by atoms with Gasteiger partial charge in [0.2, 0.25) is 18.3 Å². The molecule has 1 aromatic carbocycles. The Labute approximate surface area is 140 Å². The Morgan fingerprint density at radius 2 is 1.87 bits per heavy atom. The predicted molar refractivity (Wildman–Crippen MR) is 83.0 cm³/mol. The number of rotatable bonds is 4. The van der Waals surface area contributed by atoms with Crippen LogP contribution in [-0.2, 0) is 9.63 Å². The molecule has 0 aliphatic carbocycles. The molecule has 2 heterocycles. The van der Waals surface area contributed by atoms with E-state index >= 15 is 0 Å². The molecule has 1 amide bonds. The van der Waals surface area contributed by atoms with Crippen molar-refractivity contribution in [3.8, 4) is 23.0 Å². The summed E-state index contributed by atoms with van der Waals surface area (Å²) in [7, 11) is 3.03. The predicted octanol–water partition coefficient (Wildman–Crippen LogP) is 1.74. The third-order valence-corrected chi connectivity index (χ3v) is 4.59. The van der Waals surface area contributed by atoms with Gasteiger partial charge in [-0.2, -0.15) is 0 Å². The first kappa shape index (κ1) is 15.7. The lowest BCUT2D eigenvalue weighted by Gasteiger charge is -2.21. The maximum atomic E-state index is 11.4. The van der Waals surface area contributed by atoms with Crippen LogP contribution in [0.4, 0.5) is 0 Å². The second-order valence-corrected chi connectivity index (χ2v) is 5.81. The summed E-state index contributed by atoms with van der Waals surface area (Å²) in [5.74, 6) is 0.776. The first-order valence-corrected chi connectivity index (χ1v) is 7.57. The van der Waals surface area contributed by atoms with Gasteiger partial charge in [0.1, 0.15) is 0 Å². The van der Waals surface area contributed by atoms with Crippen molar-refractivity contribution in [1.82, 2.24) is 0 Å². The van der Waals surface area contributed by atoms with E-state index in [4.69, 9.17) is 29.5 Å². The monoisotopic (exact) mass is 386 g/mol. The van der Waals surface area contributed by atoms with E-state index in [0.717, 1.165) is 0 Å². The maximum absolute atomic E-state index is 11.4. The third-order valence-electron chi connectivity index (χ3n) is 3.80. The second-order valence-electron chi connectivity index (χ2n) is 5.01. The standard InChI is InChI=1S/C14H15BrN2O6/c1-5-8(14(16)18)17-23-9(5)6-7(15)11(20-3)13-12(10(6)19-2)21-4-22-13/h5,9H,4H2,1-3H3,(H2,16,18)/t5-,9-/m1/s1. The fourth-order valence-electron chi connectivity index (χ4n) is 2.70. The summed E-state index contributed by atoms with van der Waals surface area (Å²) in [6, 6.07) is 0. The molecular formula is C14H15BrN2O6. The molecule has 2 aliphatic heterocycles. The number of fused-ring (bicyclic) bond motifs is 1. The Balaban J connectivity index is 2.15. The second kappa shape index (κ2) is 5.80. The Bertz CT molecular complexity index is 705. The molecule has 0 fully saturated rings. The lowest BCUT2D eigenvalue weighted by molar-refractivity contribution is -0.112. The minimum atomic E-state index is -0.622. The van der Waals surface area contributed by atoms with Gasteiger partial charge in [-0.1, -0.05) is 12.1 Å². The van der Waals surface area contributed by atoms with Gasteiger partial charge >= 0.3 is 0 Å². The Kier molecular flexibility index (Phi) is 3.97. The van der Waals surface area contributed by atoms with Gasteiger partial charge in [-0.05, 0) is 15.9 Å². The molecule has 0 unspecified atom stereocenters. The zero-order chi connectivity index (χ0) is 16.7. The van der Waals surface area contributed by atoms with Crippen LogP contribution < -0.4 is 24.7 Å². The number of nitrogens with zero attached hydrogens (tertiary/aromatic N) is 1. The van der Waals surface area contributed by atoms with Gasteiger partial charge in [-0.25, -0.2) is 0 Å². The van der Waals surface area contributed by atoms with E-state index in [2.05, 4.69) is 21.1 Å². The van der Waals surface area contributed by atoms with E-state index in [1.165, 1.54) is 14.2 Å². The molecule has 0 aromatic heterocycles. The number of hydrogen-bond donors (Lipinski definition) is 1. The van der Waals surface area contributed by atoms with Gasteiger partial charge in [0.15, 0.2) is 23.3 Å². The number of halogens is 1. The summed E-state index contributed by atoms with van der Waals surface area (Å²) in [6.45, 7) is 1.85. The number of primary amides is 1. The first-order valence-electron chi connectivity index (χ1n) is 6.77. The van der Waals surface area contributed by atoms with Gasteiger partial charge < -0.3 is 29.5 Å². The van der Waals surface area contributed by atoms with E-state index in [9.17, 15) is 4.79 Å². The van der Waals surface area contributed by atoms with Gasteiger partial charge in [0.25, 0.3) is 5.91 Å². The smallest absolute Gasteiger partial charge is 0.266 e. The number of nitrogens with two attached hydrogens (primary N) is 1. The number of hydrogen-bond acceptors (Lipinski definition) is 7. The molecule has 2 N–H and O–H groups in total. The van der Waals surface area contributed by atoms with Crippen LogP contribution >= 0.6 is 15.9 Å². The number of ether oxygens (including phenoxy) is 4. The highest BCUT2D eigenvalue weighted by molar-refractivity contribution is 9.10. The van der Waals surface area contributed by atoms with E-state index in [-0.39, 0.29) is 18.4 Å². The maximum Gasteiger partial charge on any atom is 0.266 e. The summed E-state index contributed by atoms with van der Waals surface area (Å²) >= 11 is 3.49. The van der Waals surface area contributed by atoms with Crippen LogP contribution in [0.2, 0.25) is 0 Å². The number of carbonyl (C=O) groups excluding carboxylic acids is 1. The minimum absolute atomic E-state index is 0.0576. The molecule has 1 aromatic rings. The highest BCUT2D eigenvalue weighted by atomic mass is 79.9. The molecule has 2 aliphatic rings. The number of benzene rings is 1. The Morgan fingerprint density at radius 1 is 1.26 bits per heavy atom. The van der Waals surface area contributed by atoms with Crippen molar-refractivity contribution in [2.45, 2.75) is 13.0 Å². The highest BCUT2D eigenvalue weighted by Crippen LogP contribution is 2.57. The van der Waals surface area contributed by atoms with Crippen molar-refractivity contribution in [2.75, 3.05) is 21.0 Å². The third kappa shape index (κ3) is 2.26. The quantitative estimate of drug-likeness (QED) is 0.845. The fourth-order valence-corrected chi connectivity index (χ4v) is 3.45. The molecule has 8 nitrogen and oxygen atoms in total. The molecule has 9 heteroatoms. The van der Waals surface area contributed by atoms with Crippen molar-refractivity contribution in [1.29, 1.82) is 0 Å². The summed E-state index contributed by atoms with van der Waals surface area (Å²) < 4.78 is 22.4. The summed E-state index contributed by atoms with van der Waals surface area (Å²) in [5.41, 5.74) is 6.10. The molecule has 0 bridgehead atoms. The number of methoxy groups -OCH3 is 2. The van der Waals surface area contributed by atoms with Crippen LogP contribution in [0.15, 0.2) is 9.63 Å². The molecule has 0 spiro atoms. The number of carbonyl (C=O) groups is 1. The summed E-state index contributed by atoms with van der Waals surface area (Å²) in [6.07, 6.45) is -0.578. The van der Waals surface area contributed by atoms with Gasteiger partial charge in [-0.3, -0.25) is 4.79 Å². The van der Waals surface area contributed by atoms with E-state index < -0.39 is 12.0 Å². The van der Waals surface area contributed by atoms with Crippen molar-refractivity contribution in [3.63, 3.8) is 0 Å². The summed E-state index contributed by atoms with van der Waals surface area (Å²) in [5, 5.41) is 3.79. The zero-order valence-electron chi connectivity index (χ0n) is 12.7. The molecule has 0 saturated heterocycles. The molecule has 23 heavy (non-hydrogen) atoms. The molecular weight excluding hydrogens is 372 g/mol. The molecule has 0 radical (unpaired) electrons. The highest BCUT2D eigenvalue weighted by Gasteiger charge is 2.41. The molecule has 124 valence electrons. The fraction of sp³-hybridized carbons (Fsp3) is 0.429. The van der Waals surface area contributed by atoms with Crippen molar-refractivity contribution >= 4 is 27.5 Å². The van der Waals surface area contributed by atoms with Crippen molar-refractivity contribution < 1.29 is 28.6 Å². The van der Waals surface area contributed by atoms with Crippen LogP contribution in [0.5, 0.6) is 23.0 Å². The van der Waals surface area contributed by atoms with Crippen LogP contribution in [0.1, 0.15) is 18.6 Å². The Hall–Kier alpha value is -2.16. The Morgan fingerprint density at radius 3 is 2.39 bits per heavy atom.